The van der Waals surface area contributed by atoms with Gasteiger partial charge in [-0.15, -0.1) is 0 Å². The lowest BCUT2D eigenvalue weighted by Gasteiger charge is -2.10. The molecule has 0 bridgehead atoms. The maximum absolute atomic E-state index is 5.20. The Kier molecular flexibility index (Phi) is 4.66. The van der Waals surface area contributed by atoms with E-state index < -0.39 is 0 Å². The van der Waals surface area contributed by atoms with Crippen molar-refractivity contribution < 1.29 is 4.74 Å². The number of benzene rings is 2. The normalized spacial score (nSPS) is 10.2. The molecule has 0 saturated heterocycles. The summed E-state index contributed by atoms with van der Waals surface area (Å²) in [5.74, 6) is 0.835. The van der Waals surface area contributed by atoms with Crippen molar-refractivity contribution in [2.45, 2.75) is 6.54 Å². The summed E-state index contributed by atoms with van der Waals surface area (Å²) in [7, 11) is 1.66. The van der Waals surface area contributed by atoms with Crippen LogP contribution in [-0.4, -0.2) is 7.11 Å². The molecule has 0 saturated carbocycles. The molecule has 1 N–H and O–H groups in total. The Labute approximate surface area is 124 Å². The van der Waals surface area contributed by atoms with Gasteiger partial charge in [-0.05, 0) is 45.8 Å². The lowest BCUT2D eigenvalue weighted by atomic mass is 10.2. The lowest BCUT2D eigenvalue weighted by molar-refractivity contribution is 0.412. The molecule has 0 unspecified atom stereocenters. The molecule has 4 heteroatoms. The van der Waals surface area contributed by atoms with Crippen LogP contribution in [0.5, 0.6) is 5.75 Å². The molecule has 2 nitrogen and oxygen atoms in total. The SMILES string of the molecule is COc1ccc(NCc2ccccc2Br)cc1Br. The van der Waals surface area contributed by atoms with Gasteiger partial charge in [0.05, 0.1) is 11.6 Å². The average molecular weight is 371 g/mol. The van der Waals surface area contributed by atoms with Gasteiger partial charge in [0.25, 0.3) is 0 Å². The highest BCUT2D eigenvalue weighted by Gasteiger charge is 2.02. The van der Waals surface area contributed by atoms with Crippen LogP contribution in [0.4, 0.5) is 5.69 Å². The van der Waals surface area contributed by atoms with Crippen LogP contribution in [0.1, 0.15) is 5.56 Å². The first-order valence-electron chi connectivity index (χ1n) is 5.51. The van der Waals surface area contributed by atoms with Crippen molar-refractivity contribution in [2.75, 3.05) is 12.4 Å². The molecule has 0 radical (unpaired) electrons. The minimum atomic E-state index is 0.778. The second kappa shape index (κ2) is 6.25. The lowest BCUT2D eigenvalue weighted by Crippen LogP contribution is -2.00. The summed E-state index contributed by atoms with van der Waals surface area (Å²) in [5, 5.41) is 3.38. The van der Waals surface area contributed by atoms with Crippen LogP contribution in [0.3, 0.4) is 0 Å². The molecule has 0 heterocycles. The summed E-state index contributed by atoms with van der Waals surface area (Å²) < 4.78 is 7.26. The van der Waals surface area contributed by atoms with E-state index >= 15 is 0 Å². The molecule has 0 spiro atoms. The molecular weight excluding hydrogens is 358 g/mol. The fourth-order valence-corrected chi connectivity index (χ4v) is 2.58. The zero-order valence-electron chi connectivity index (χ0n) is 9.91. The highest BCUT2D eigenvalue weighted by Crippen LogP contribution is 2.28. The maximum atomic E-state index is 5.20. The van der Waals surface area contributed by atoms with Crippen molar-refractivity contribution in [1.82, 2.24) is 0 Å². The average Bonchev–Trinajstić information content (AvgIpc) is 2.38. The van der Waals surface area contributed by atoms with E-state index in [0.717, 1.165) is 26.9 Å². The summed E-state index contributed by atoms with van der Waals surface area (Å²) in [6.07, 6.45) is 0. The first-order chi connectivity index (χ1) is 8.70. The highest BCUT2D eigenvalue weighted by molar-refractivity contribution is 9.10. The van der Waals surface area contributed by atoms with E-state index in [2.05, 4.69) is 43.2 Å². The molecule has 2 aromatic carbocycles. The standard InChI is InChI=1S/C14H13Br2NO/c1-18-14-7-6-11(8-13(14)16)17-9-10-4-2-3-5-12(10)15/h2-8,17H,9H2,1H3. The minimum absolute atomic E-state index is 0.778. The van der Waals surface area contributed by atoms with Gasteiger partial charge >= 0.3 is 0 Å². The first-order valence-corrected chi connectivity index (χ1v) is 7.10. The number of hydrogen-bond donors (Lipinski definition) is 1. The zero-order chi connectivity index (χ0) is 13.0. The third-order valence-electron chi connectivity index (χ3n) is 2.59. The molecule has 0 aliphatic heterocycles. The fourth-order valence-electron chi connectivity index (χ4n) is 1.62. The molecule has 2 aromatic rings. The van der Waals surface area contributed by atoms with Gasteiger partial charge in [-0.1, -0.05) is 34.1 Å². The number of anilines is 1. The first kappa shape index (κ1) is 13.4. The number of halogens is 2. The number of rotatable bonds is 4. The van der Waals surface area contributed by atoms with E-state index in [1.807, 2.05) is 36.4 Å². The van der Waals surface area contributed by atoms with Gasteiger partial charge in [-0.25, -0.2) is 0 Å². The third-order valence-corrected chi connectivity index (χ3v) is 3.99. The molecular formula is C14H13Br2NO. The van der Waals surface area contributed by atoms with Gasteiger partial charge in [0.15, 0.2) is 0 Å². The number of hydrogen-bond acceptors (Lipinski definition) is 2. The van der Waals surface area contributed by atoms with Gasteiger partial charge in [0.1, 0.15) is 5.75 Å². The van der Waals surface area contributed by atoms with E-state index in [9.17, 15) is 0 Å². The summed E-state index contributed by atoms with van der Waals surface area (Å²) in [6.45, 7) is 0.778. The van der Waals surface area contributed by atoms with Crippen molar-refractivity contribution in [3.8, 4) is 5.75 Å². The van der Waals surface area contributed by atoms with Crippen LogP contribution < -0.4 is 10.1 Å². The van der Waals surface area contributed by atoms with Crippen molar-refractivity contribution in [2.24, 2.45) is 0 Å². The van der Waals surface area contributed by atoms with Crippen LogP contribution >= 0.6 is 31.9 Å². The topological polar surface area (TPSA) is 21.3 Å². The quantitative estimate of drug-likeness (QED) is 0.831. The van der Waals surface area contributed by atoms with Gasteiger partial charge in [-0.3, -0.25) is 0 Å². The molecule has 0 atom stereocenters. The molecule has 0 aromatic heterocycles. The smallest absolute Gasteiger partial charge is 0.133 e. The van der Waals surface area contributed by atoms with Crippen LogP contribution in [0, 0.1) is 0 Å². The summed E-state index contributed by atoms with van der Waals surface area (Å²) in [6, 6.07) is 14.1. The largest absolute Gasteiger partial charge is 0.496 e. The number of methoxy groups -OCH3 is 1. The Bertz CT molecular complexity index is 543. The van der Waals surface area contributed by atoms with Gasteiger partial charge < -0.3 is 10.1 Å². The monoisotopic (exact) mass is 369 g/mol. The van der Waals surface area contributed by atoms with Crippen molar-refractivity contribution in [1.29, 1.82) is 0 Å². The van der Waals surface area contributed by atoms with Crippen molar-refractivity contribution >= 4 is 37.5 Å². The second-order valence-corrected chi connectivity index (χ2v) is 5.50. The minimum Gasteiger partial charge on any atom is -0.496 e. The van der Waals surface area contributed by atoms with Crippen molar-refractivity contribution in [3.05, 3.63) is 57.0 Å². The molecule has 94 valence electrons. The van der Waals surface area contributed by atoms with E-state index in [4.69, 9.17) is 4.74 Å². The Morgan fingerprint density at radius 3 is 2.50 bits per heavy atom. The molecule has 0 fully saturated rings. The molecule has 0 aliphatic rings. The molecule has 0 aliphatic carbocycles. The predicted octanol–water partition coefficient (Wildman–Crippen LogP) is 4.83. The Balaban J connectivity index is 2.07. The van der Waals surface area contributed by atoms with Gasteiger partial charge in [-0.2, -0.15) is 0 Å². The number of nitrogens with one attached hydrogen (secondary N) is 1. The molecule has 0 amide bonds. The molecule has 2 rings (SSSR count). The summed E-state index contributed by atoms with van der Waals surface area (Å²) >= 11 is 7.01. The van der Waals surface area contributed by atoms with Crippen LogP contribution in [-0.2, 0) is 6.54 Å². The Hall–Kier alpha value is -1.000. The van der Waals surface area contributed by atoms with E-state index in [-0.39, 0.29) is 0 Å². The third kappa shape index (κ3) is 3.27. The Morgan fingerprint density at radius 2 is 1.83 bits per heavy atom. The zero-order valence-corrected chi connectivity index (χ0v) is 13.1. The van der Waals surface area contributed by atoms with E-state index in [1.54, 1.807) is 7.11 Å². The van der Waals surface area contributed by atoms with Crippen LogP contribution in [0.2, 0.25) is 0 Å². The van der Waals surface area contributed by atoms with Crippen molar-refractivity contribution in [3.63, 3.8) is 0 Å². The fraction of sp³-hybridized carbons (Fsp3) is 0.143. The maximum Gasteiger partial charge on any atom is 0.133 e. The van der Waals surface area contributed by atoms with Crippen LogP contribution in [0.15, 0.2) is 51.4 Å². The predicted molar refractivity (Wildman–Crippen MR) is 82.2 cm³/mol. The summed E-state index contributed by atoms with van der Waals surface area (Å²) in [4.78, 5) is 0. The Morgan fingerprint density at radius 1 is 1.06 bits per heavy atom. The highest BCUT2D eigenvalue weighted by atomic mass is 79.9. The second-order valence-electron chi connectivity index (χ2n) is 3.79. The van der Waals surface area contributed by atoms with Gasteiger partial charge in [0.2, 0.25) is 0 Å². The van der Waals surface area contributed by atoms with Crippen LogP contribution in [0.25, 0.3) is 0 Å². The summed E-state index contributed by atoms with van der Waals surface area (Å²) in [5.41, 5.74) is 2.28. The van der Waals surface area contributed by atoms with Gasteiger partial charge in [0, 0.05) is 16.7 Å². The van der Waals surface area contributed by atoms with E-state index in [0.29, 0.717) is 0 Å². The molecule has 18 heavy (non-hydrogen) atoms. The number of ether oxygens (including phenoxy) is 1. The van der Waals surface area contributed by atoms with E-state index in [1.165, 1.54) is 5.56 Å².